The largest absolute Gasteiger partial charge is 0.493 e. The first kappa shape index (κ1) is 19.0. The maximum atomic E-state index is 5.66. The Morgan fingerprint density at radius 3 is 2.48 bits per heavy atom. The van der Waals surface area contributed by atoms with Gasteiger partial charge in [0.15, 0.2) is 11.5 Å². The molecule has 0 aliphatic carbocycles. The van der Waals surface area contributed by atoms with E-state index < -0.39 is 0 Å². The molecule has 5 heteroatoms. The summed E-state index contributed by atoms with van der Waals surface area (Å²) in [5.74, 6) is 1.54. The van der Waals surface area contributed by atoms with E-state index in [4.69, 9.17) is 14.6 Å². The fourth-order valence-corrected chi connectivity index (χ4v) is 3.18. The molecule has 0 fully saturated rings. The molecule has 0 aliphatic rings. The van der Waals surface area contributed by atoms with Gasteiger partial charge in [-0.2, -0.15) is 5.10 Å². The van der Waals surface area contributed by atoms with E-state index in [2.05, 4.69) is 37.4 Å². The minimum atomic E-state index is 0.615. The Balaban J connectivity index is 1.69. The van der Waals surface area contributed by atoms with Gasteiger partial charge in [0.2, 0.25) is 0 Å². The molecule has 3 aromatic rings. The highest BCUT2D eigenvalue weighted by molar-refractivity contribution is 5.43. The van der Waals surface area contributed by atoms with Crippen LogP contribution in [0.2, 0.25) is 0 Å². The molecule has 0 saturated carbocycles. The number of para-hydroxylation sites is 1. The average Bonchev–Trinajstić information content (AvgIpc) is 2.97. The van der Waals surface area contributed by atoms with E-state index in [1.54, 1.807) is 7.11 Å². The fourth-order valence-electron chi connectivity index (χ4n) is 3.18. The predicted molar refractivity (Wildman–Crippen MR) is 108 cm³/mol. The molecule has 5 nitrogen and oxygen atoms in total. The van der Waals surface area contributed by atoms with Crippen molar-refractivity contribution in [2.24, 2.45) is 0 Å². The number of hydrogen-bond donors (Lipinski definition) is 1. The highest BCUT2D eigenvalue weighted by Gasteiger charge is 2.12. The monoisotopic (exact) mass is 365 g/mol. The lowest BCUT2D eigenvalue weighted by Gasteiger charge is -2.12. The van der Waals surface area contributed by atoms with Crippen molar-refractivity contribution in [3.8, 4) is 17.2 Å². The van der Waals surface area contributed by atoms with Crippen LogP contribution in [0.4, 0.5) is 0 Å². The van der Waals surface area contributed by atoms with Crippen molar-refractivity contribution < 1.29 is 9.47 Å². The van der Waals surface area contributed by atoms with Crippen LogP contribution in [0.3, 0.4) is 0 Å². The Labute approximate surface area is 160 Å². The van der Waals surface area contributed by atoms with Crippen molar-refractivity contribution in [1.82, 2.24) is 15.1 Å². The summed E-state index contributed by atoms with van der Waals surface area (Å²) in [4.78, 5) is 0. The molecule has 0 bridgehead atoms. The molecule has 1 N–H and O–H groups in total. The maximum Gasteiger partial charge on any atom is 0.161 e. The molecule has 1 aromatic heterocycles. The van der Waals surface area contributed by atoms with E-state index in [1.165, 1.54) is 5.56 Å². The summed E-state index contributed by atoms with van der Waals surface area (Å²) in [6, 6.07) is 16.3. The Morgan fingerprint density at radius 2 is 1.78 bits per heavy atom. The van der Waals surface area contributed by atoms with E-state index in [0.29, 0.717) is 6.61 Å². The van der Waals surface area contributed by atoms with Gasteiger partial charge in [-0.05, 0) is 50.6 Å². The van der Waals surface area contributed by atoms with E-state index >= 15 is 0 Å². The molecule has 0 aliphatic heterocycles. The zero-order chi connectivity index (χ0) is 19.2. The molecule has 2 aromatic carbocycles. The number of nitrogens with zero attached hydrogens (tertiary/aromatic N) is 2. The van der Waals surface area contributed by atoms with Crippen molar-refractivity contribution >= 4 is 0 Å². The number of nitrogens with one attached hydrogen (secondary N) is 1. The lowest BCUT2D eigenvalue weighted by atomic mass is 10.1. The van der Waals surface area contributed by atoms with E-state index in [9.17, 15) is 0 Å². The molecule has 0 radical (unpaired) electrons. The van der Waals surface area contributed by atoms with Gasteiger partial charge < -0.3 is 14.8 Å². The van der Waals surface area contributed by atoms with Crippen molar-refractivity contribution in [2.75, 3.05) is 13.7 Å². The summed E-state index contributed by atoms with van der Waals surface area (Å²) < 4.78 is 13.0. The zero-order valence-corrected chi connectivity index (χ0v) is 16.5. The van der Waals surface area contributed by atoms with Crippen LogP contribution in [-0.4, -0.2) is 23.5 Å². The SMILES string of the molecule is CCOc1cc(CNCc2c(C)nn(-c3ccccc3)c2C)ccc1OC. The van der Waals surface area contributed by atoms with Gasteiger partial charge in [-0.15, -0.1) is 0 Å². The van der Waals surface area contributed by atoms with Crippen molar-refractivity contribution in [2.45, 2.75) is 33.9 Å². The lowest BCUT2D eigenvalue weighted by molar-refractivity contribution is 0.310. The normalized spacial score (nSPS) is 10.8. The maximum absolute atomic E-state index is 5.66. The van der Waals surface area contributed by atoms with Crippen molar-refractivity contribution in [1.29, 1.82) is 0 Å². The number of rotatable bonds is 8. The molecule has 1 heterocycles. The van der Waals surface area contributed by atoms with Crippen LogP contribution in [0.25, 0.3) is 5.69 Å². The van der Waals surface area contributed by atoms with Crippen molar-refractivity contribution in [3.05, 3.63) is 71.0 Å². The molecular formula is C22H27N3O2. The predicted octanol–water partition coefficient (Wildman–Crippen LogP) is 4.19. The third-order valence-electron chi connectivity index (χ3n) is 4.60. The number of aromatic nitrogens is 2. The van der Waals surface area contributed by atoms with Crippen LogP contribution in [0.5, 0.6) is 11.5 Å². The van der Waals surface area contributed by atoms with E-state index in [-0.39, 0.29) is 0 Å². The fraction of sp³-hybridized carbons (Fsp3) is 0.318. The van der Waals surface area contributed by atoms with Crippen LogP contribution in [0.15, 0.2) is 48.5 Å². The van der Waals surface area contributed by atoms with Crippen LogP contribution in [-0.2, 0) is 13.1 Å². The summed E-state index contributed by atoms with van der Waals surface area (Å²) in [6.07, 6.45) is 0. The minimum Gasteiger partial charge on any atom is -0.493 e. The molecule has 142 valence electrons. The summed E-state index contributed by atoms with van der Waals surface area (Å²) in [7, 11) is 1.66. The Kier molecular flexibility index (Phi) is 6.14. The van der Waals surface area contributed by atoms with Crippen LogP contribution >= 0.6 is 0 Å². The molecule has 0 spiro atoms. The summed E-state index contributed by atoms with van der Waals surface area (Å²) in [5, 5.41) is 8.23. The molecule has 0 amide bonds. The van der Waals surface area contributed by atoms with E-state index in [0.717, 1.165) is 47.2 Å². The first-order chi connectivity index (χ1) is 13.1. The van der Waals surface area contributed by atoms with Gasteiger partial charge in [-0.1, -0.05) is 24.3 Å². The number of ether oxygens (including phenoxy) is 2. The topological polar surface area (TPSA) is 48.3 Å². The Morgan fingerprint density at radius 1 is 1.00 bits per heavy atom. The van der Waals surface area contributed by atoms with Gasteiger partial charge in [0.25, 0.3) is 0 Å². The number of aryl methyl sites for hydroxylation is 1. The molecule has 0 saturated heterocycles. The molecular weight excluding hydrogens is 338 g/mol. The standard InChI is InChI=1S/C22H27N3O2/c1-5-27-22-13-18(11-12-21(22)26-4)14-23-15-20-16(2)24-25(17(20)3)19-9-7-6-8-10-19/h6-13,23H,5,14-15H2,1-4H3. The Hall–Kier alpha value is -2.79. The van der Waals surface area contributed by atoms with Gasteiger partial charge in [-0.3, -0.25) is 0 Å². The second kappa shape index (κ2) is 8.73. The second-order valence-electron chi connectivity index (χ2n) is 6.42. The quantitative estimate of drug-likeness (QED) is 0.650. The van der Waals surface area contributed by atoms with Crippen LogP contribution < -0.4 is 14.8 Å². The average molecular weight is 365 g/mol. The third kappa shape index (κ3) is 4.31. The summed E-state index contributed by atoms with van der Waals surface area (Å²) in [6.45, 7) is 8.28. The highest BCUT2D eigenvalue weighted by atomic mass is 16.5. The smallest absolute Gasteiger partial charge is 0.161 e. The molecule has 0 unspecified atom stereocenters. The summed E-state index contributed by atoms with van der Waals surface area (Å²) in [5.41, 5.74) is 5.69. The number of methoxy groups -OCH3 is 1. The first-order valence-electron chi connectivity index (χ1n) is 9.25. The number of benzene rings is 2. The van der Waals surface area contributed by atoms with Crippen molar-refractivity contribution in [3.63, 3.8) is 0 Å². The minimum absolute atomic E-state index is 0.615. The summed E-state index contributed by atoms with van der Waals surface area (Å²) >= 11 is 0. The highest BCUT2D eigenvalue weighted by Crippen LogP contribution is 2.28. The molecule has 27 heavy (non-hydrogen) atoms. The number of hydrogen-bond acceptors (Lipinski definition) is 4. The van der Waals surface area contributed by atoms with Crippen LogP contribution in [0, 0.1) is 13.8 Å². The zero-order valence-electron chi connectivity index (χ0n) is 16.5. The Bertz CT molecular complexity index is 888. The van der Waals surface area contributed by atoms with Gasteiger partial charge in [0.05, 0.1) is 25.1 Å². The second-order valence-corrected chi connectivity index (χ2v) is 6.42. The first-order valence-corrected chi connectivity index (χ1v) is 9.25. The van der Waals surface area contributed by atoms with E-state index in [1.807, 2.05) is 41.9 Å². The lowest BCUT2D eigenvalue weighted by Crippen LogP contribution is -2.14. The van der Waals surface area contributed by atoms with Gasteiger partial charge >= 0.3 is 0 Å². The molecule has 0 atom stereocenters. The van der Waals surface area contributed by atoms with Crippen LogP contribution in [0.1, 0.15) is 29.4 Å². The third-order valence-corrected chi connectivity index (χ3v) is 4.60. The van der Waals surface area contributed by atoms with Gasteiger partial charge in [0, 0.05) is 24.3 Å². The van der Waals surface area contributed by atoms with Gasteiger partial charge in [0.1, 0.15) is 0 Å². The molecule has 3 rings (SSSR count). The van der Waals surface area contributed by atoms with Gasteiger partial charge in [-0.25, -0.2) is 4.68 Å².